The number of hydrogen-bond donors (Lipinski definition) is 0. The van der Waals surface area contributed by atoms with Gasteiger partial charge in [-0.1, -0.05) is 23.2 Å². The number of methoxy groups -OCH3 is 2. The van der Waals surface area contributed by atoms with Crippen LogP contribution in [0.2, 0.25) is 5.02 Å². The fourth-order valence-electron chi connectivity index (χ4n) is 3.87. The lowest BCUT2D eigenvalue weighted by Crippen LogP contribution is -2.42. The molecule has 2 aromatic rings. The first-order chi connectivity index (χ1) is 14.4. The van der Waals surface area contributed by atoms with E-state index >= 15 is 0 Å². The third kappa shape index (κ3) is 4.78. The molecule has 0 bridgehead atoms. The van der Waals surface area contributed by atoms with Crippen LogP contribution in [0.15, 0.2) is 29.6 Å². The van der Waals surface area contributed by atoms with Crippen molar-refractivity contribution < 1.29 is 23.9 Å². The minimum Gasteiger partial charge on any atom is -0.469 e. The van der Waals surface area contributed by atoms with Crippen molar-refractivity contribution in [1.82, 2.24) is 4.57 Å². The highest BCUT2D eigenvalue weighted by Gasteiger charge is 2.49. The number of ether oxygens (including phenoxy) is 2. The molecule has 1 aliphatic rings. The van der Waals surface area contributed by atoms with Crippen molar-refractivity contribution in [1.29, 1.82) is 0 Å². The lowest BCUT2D eigenvalue weighted by atomic mass is 9.92. The summed E-state index contributed by atoms with van der Waals surface area (Å²) in [5.41, 5.74) is 1.77. The van der Waals surface area contributed by atoms with Crippen LogP contribution >= 0.6 is 11.6 Å². The normalized spacial score (nSPS) is 18.2. The van der Waals surface area contributed by atoms with Crippen molar-refractivity contribution in [2.75, 3.05) is 14.2 Å². The number of halogens is 1. The summed E-state index contributed by atoms with van der Waals surface area (Å²) in [4.78, 5) is 29.2. The largest absolute Gasteiger partial charge is 0.469 e. The molecule has 0 saturated heterocycles. The number of nitrogens with zero attached hydrogens (tertiary/aromatic N) is 2. The van der Waals surface area contributed by atoms with Gasteiger partial charge in [-0.25, -0.2) is 4.79 Å². The molecule has 0 saturated carbocycles. The third-order valence-corrected chi connectivity index (χ3v) is 5.70. The number of aryl methyl sites for hydroxylation is 2. The zero-order valence-electron chi connectivity index (χ0n) is 17.6. The number of aromatic nitrogens is 1. The zero-order chi connectivity index (χ0) is 21.7. The van der Waals surface area contributed by atoms with Gasteiger partial charge in [0.2, 0.25) is 5.60 Å². The average Bonchev–Trinajstić information content (AvgIpc) is 3.28. The van der Waals surface area contributed by atoms with Crippen molar-refractivity contribution in [3.8, 4) is 0 Å². The van der Waals surface area contributed by atoms with Gasteiger partial charge in [0.15, 0.2) is 0 Å². The highest BCUT2D eigenvalue weighted by molar-refractivity contribution is 6.31. The summed E-state index contributed by atoms with van der Waals surface area (Å²) in [6, 6.07) is 5.98. The first-order valence-corrected chi connectivity index (χ1v) is 10.4. The Hall–Kier alpha value is -2.54. The lowest BCUT2D eigenvalue weighted by molar-refractivity contribution is -0.173. The zero-order valence-corrected chi connectivity index (χ0v) is 18.3. The van der Waals surface area contributed by atoms with E-state index < -0.39 is 17.5 Å². The van der Waals surface area contributed by atoms with Gasteiger partial charge in [0.1, 0.15) is 0 Å². The second kappa shape index (κ2) is 9.51. The molecule has 2 heterocycles. The Balaban J connectivity index is 1.48. The highest BCUT2D eigenvalue weighted by Crippen LogP contribution is 2.31. The number of fused-ring (bicyclic) bond motifs is 1. The van der Waals surface area contributed by atoms with Crippen molar-refractivity contribution >= 4 is 40.2 Å². The Morgan fingerprint density at radius 3 is 2.77 bits per heavy atom. The topological polar surface area (TPSA) is 79.1 Å². The molecule has 0 N–H and O–H groups in total. The molecule has 0 amide bonds. The lowest BCUT2D eigenvalue weighted by Gasteiger charge is -2.22. The number of rotatable bonds is 9. The summed E-state index contributed by atoms with van der Waals surface area (Å²) in [7, 11) is 2.54. The van der Waals surface area contributed by atoms with Gasteiger partial charge in [0.05, 0.1) is 26.4 Å². The molecule has 1 aromatic heterocycles. The van der Waals surface area contributed by atoms with Gasteiger partial charge in [-0.15, -0.1) is 0 Å². The number of benzene rings is 1. The molecule has 30 heavy (non-hydrogen) atoms. The van der Waals surface area contributed by atoms with Crippen molar-refractivity contribution in [2.45, 2.75) is 57.6 Å². The molecule has 1 atom stereocenters. The van der Waals surface area contributed by atoms with E-state index in [1.807, 2.05) is 12.1 Å². The number of carbonyl (C=O) groups is 2. The maximum absolute atomic E-state index is 12.2. The molecule has 1 aromatic carbocycles. The Morgan fingerprint density at radius 2 is 2.03 bits per heavy atom. The second-order valence-corrected chi connectivity index (χ2v) is 8.08. The van der Waals surface area contributed by atoms with Gasteiger partial charge in [0, 0.05) is 35.1 Å². The second-order valence-electron chi connectivity index (χ2n) is 7.64. The molecule has 0 radical (unpaired) electrons. The molecule has 0 spiro atoms. The van der Waals surface area contributed by atoms with E-state index in [-0.39, 0.29) is 12.8 Å². The van der Waals surface area contributed by atoms with E-state index in [4.69, 9.17) is 21.2 Å². The van der Waals surface area contributed by atoms with Crippen molar-refractivity contribution in [2.24, 2.45) is 5.16 Å². The maximum Gasteiger partial charge on any atom is 0.354 e. The maximum atomic E-state index is 12.2. The van der Waals surface area contributed by atoms with Crippen LogP contribution in [0.5, 0.6) is 0 Å². The predicted molar refractivity (Wildman–Crippen MR) is 115 cm³/mol. The highest BCUT2D eigenvalue weighted by atomic mass is 35.5. The van der Waals surface area contributed by atoms with Crippen LogP contribution in [0.1, 0.15) is 44.1 Å². The SMILES string of the molecule is COC(=O)CC1(C(=O)OC)CC(CCCCCn2cc(C)c3cc(Cl)ccc32)=NO1. The molecule has 162 valence electrons. The molecule has 1 unspecified atom stereocenters. The van der Waals surface area contributed by atoms with Gasteiger partial charge < -0.3 is 18.9 Å². The van der Waals surface area contributed by atoms with Crippen LogP contribution < -0.4 is 0 Å². The van der Waals surface area contributed by atoms with Crippen LogP contribution in [0, 0.1) is 6.92 Å². The molecular weight excluding hydrogens is 408 g/mol. The summed E-state index contributed by atoms with van der Waals surface area (Å²) >= 11 is 6.11. The minimum atomic E-state index is -1.40. The Morgan fingerprint density at radius 1 is 1.23 bits per heavy atom. The molecule has 7 nitrogen and oxygen atoms in total. The fraction of sp³-hybridized carbons (Fsp3) is 0.500. The van der Waals surface area contributed by atoms with Crippen LogP contribution in [-0.2, 0) is 30.4 Å². The van der Waals surface area contributed by atoms with Crippen LogP contribution in [0.4, 0.5) is 0 Å². The summed E-state index contributed by atoms with van der Waals surface area (Å²) < 4.78 is 11.7. The molecule has 0 aliphatic carbocycles. The number of hydrogen-bond acceptors (Lipinski definition) is 6. The van der Waals surface area contributed by atoms with E-state index in [2.05, 4.69) is 33.6 Å². The van der Waals surface area contributed by atoms with Gasteiger partial charge in [-0.05, 0) is 49.9 Å². The summed E-state index contributed by atoms with van der Waals surface area (Å²) in [6.45, 7) is 3.01. The van der Waals surface area contributed by atoms with E-state index in [1.165, 1.54) is 30.7 Å². The van der Waals surface area contributed by atoms with Gasteiger partial charge >= 0.3 is 11.9 Å². The molecule has 0 fully saturated rings. The number of oxime groups is 1. The first-order valence-electron chi connectivity index (χ1n) is 10.0. The van der Waals surface area contributed by atoms with E-state index in [1.54, 1.807) is 0 Å². The first kappa shape index (κ1) is 22.2. The van der Waals surface area contributed by atoms with Crippen LogP contribution in [0.3, 0.4) is 0 Å². The molecule has 3 rings (SSSR count). The standard InChI is InChI=1S/C22H27ClN2O5/c1-15-14-25(19-9-8-16(23)11-18(15)19)10-6-4-5-7-17-12-22(30-24-17,21(27)29-3)13-20(26)28-2/h8-9,11,14H,4-7,10,12-13H2,1-3H3. The summed E-state index contributed by atoms with van der Waals surface area (Å²) in [5.74, 6) is -1.14. The van der Waals surface area contributed by atoms with E-state index in [0.717, 1.165) is 36.5 Å². The Labute approximate surface area is 180 Å². The summed E-state index contributed by atoms with van der Waals surface area (Å²) in [6.07, 6.45) is 5.85. The van der Waals surface area contributed by atoms with Crippen LogP contribution in [0.25, 0.3) is 10.9 Å². The van der Waals surface area contributed by atoms with Gasteiger partial charge in [-0.3, -0.25) is 4.79 Å². The van der Waals surface area contributed by atoms with Crippen molar-refractivity contribution in [3.05, 3.63) is 35.0 Å². The predicted octanol–water partition coefficient (Wildman–Crippen LogP) is 4.41. The monoisotopic (exact) mass is 434 g/mol. The van der Waals surface area contributed by atoms with E-state index in [0.29, 0.717) is 6.42 Å². The number of carbonyl (C=O) groups excluding carboxylic acids is 2. The smallest absolute Gasteiger partial charge is 0.354 e. The van der Waals surface area contributed by atoms with Gasteiger partial charge in [-0.2, -0.15) is 0 Å². The third-order valence-electron chi connectivity index (χ3n) is 5.46. The quantitative estimate of drug-likeness (QED) is 0.431. The summed E-state index contributed by atoms with van der Waals surface area (Å²) in [5, 5.41) is 5.98. The molecule has 8 heteroatoms. The molecular formula is C22H27ClN2O5. The number of unbranched alkanes of at least 4 members (excludes halogenated alkanes) is 2. The molecule has 1 aliphatic heterocycles. The fourth-order valence-corrected chi connectivity index (χ4v) is 4.04. The van der Waals surface area contributed by atoms with Gasteiger partial charge in [0.25, 0.3) is 0 Å². The Bertz CT molecular complexity index is 968. The van der Waals surface area contributed by atoms with E-state index in [9.17, 15) is 9.59 Å². The van der Waals surface area contributed by atoms with Crippen molar-refractivity contribution in [3.63, 3.8) is 0 Å². The minimum absolute atomic E-state index is 0.215. The average molecular weight is 435 g/mol. The van der Waals surface area contributed by atoms with Crippen LogP contribution in [-0.4, -0.2) is 42.0 Å². The number of esters is 2. The Kier molecular flexibility index (Phi) is 7.02.